The number of amides is 1. The van der Waals surface area contributed by atoms with Gasteiger partial charge >= 0.3 is 0 Å². The SMILES string of the molecule is Cc1ccccc1CNC(=O)CCSc1ccc(F)c(F)c1. The maximum absolute atomic E-state index is 13.0. The van der Waals surface area contributed by atoms with Crippen LogP contribution in [0.5, 0.6) is 0 Å². The Hall–Kier alpha value is -1.88. The summed E-state index contributed by atoms with van der Waals surface area (Å²) in [5, 5.41) is 2.86. The first kappa shape index (κ1) is 16.5. The second kappa shape index (κ2) is 7.94. The molecule has 1 N–H and O–H groups in total. The summed E-state index contributed by atoms with van der Waals surface area (Å²) in [5.41, 5.74) is 2.23. The van der Waals surface area contributed by atoms with Gasteiger partial charge in [-0.1, -0.05) is 24.3 Å². The largest absolute Gasteiger partial charge is 0.352 e. The first-order valence-corrected chi connectivity index (χ1v) is 7.94. The molecule has 0 saturated heterocycles. The molecule has 0 saturated carbocycles. The molecule has 5 heteroatoms. The van der Waals surface area contributed by atoms with Crippen LogP contribution in [0, 0.1) is 18.6 Å². The average molecular weight is 321 g/mol. The van der Waals surface area contributed by atoms with Crippen LogP contribution >= 0.6 is 11.8 Å². The van der Waals surface area contributed by atoms with E-state index in [0.717, 1.165) is 23.3 Å². The summed E-state index contributed by atoms with van der Waals surface area (Å²) < 4.78 is 25.8. The van der Waals surface area contributed by atoms with Gasteiger partial charge in [-0.3, -0.25) is 4.79 Å². The fraction of sp³-hybridized carbons (Fsp3) is 0.235. The molecule has 0 bridgehead atoms. The Balaban J connectivity index is 1.74. The van der Waals surface area contributed by atoms with E-state index < -0.39 is 11.6 Å². The lowest BCUT2D eigenvalue weighted by Gasteiger charge is -2.08. The second-order valence-corrected chi connectivity index (χ2v) is 6.05. The van der Waals surface area contributed by atoms with Crippen LogP contribution in [-0.4, -0.2) is 11.7 Å². The van der Waals surface area contributed by atoms with Crippen molar-refractivity contribution in [2.45, 2.75) is 24.8 Å². The molecule has 0 aliphatic heterocycles. The molecule has 1 amide bonds. The van der Waals surface area contributed by atoms with Gasteiger partial charge in [-0.15, -0.1) is 11.8 Å². The molecular weight excluding hydrogens is 304 g/mol. The van der Waals surface area contributed by atoms with Crippen LogP contribution in [0.4, 0.5) is 8.78 Å². The molecule has 2 nitrogen and oxygen atoms in total. The van der Waals surface area contributed by atoms with Crippen molar-refractivity contribution in [3.05, 3.63) is 65.2 Å². The van der Waals surface area contributed by atoms with Gasteiger partial charge in [-0.05, 0) is 36.2 Å². The number of thioether (sulfide) groups is 1. The number of hydrogen-bond donors (Lipinski definition) is 1. The van der Waals surface area contributed by atoms with E-state index in [2.05, 4.69) is 5.32 Å². The van der Waals surface area contributed by atoms with Crippen LogP contribution < -0.4 is 5.32 Å². The van der Waals surface area contributed by atoms with Gasteiger partial charge < -0.3 is 5.32 Å². The number of nitrogens with one attached hydrogen (secondary N) is 1. The Labute approximate surface area is 132 Å². The third-order valence-corrected chi connectivity index (χ3v) is 4.22. The molecule has 116 valence electrons. The summed E-state index contributed by atoms with van der Waals surface area (Å²) in [4.78, 5) is 12.4. The predicted octanol–water partition coefficient (Wildman–Crippen LogP) is 4.07. The molecule has 2 aromatic rings. The zero-order valence-electron chi connectivity index (χ0n) is 12.2. The molecule has 0 aliphatic carbocycles. The molecule has 2 aromatic carbocycles. The fourth-order valence-electron chi connectivity index (χ4n) is 1.92. The standard InChI is InChI=1S/C17H17F2NOS/c1-12-4-2-3-5-13(12)11-20-17(21)8-9-22-14-6-7-15(18)16(19)10-14/h2-7,10H,8-9,11H2,1H3,(H,20,21). The topological polar surface area (TPSA) is 29.1 Å². The lowest BCUT2D eigenvalue weighted by atomic mass is 10.1. The van der Waals surface area contributed by atoms with Crippen molar-refractivity contribution >= 4 is 17.7 Å². The van der Waals surface area contributed by atoms with Crippen molar-refractivity contribution in [2.75, 3.05) is 5.75 Å². The van der Waals surface area contributed by atoms with Gasteiger partial charge in [0.2, 0.25) is 5.91 Å². The van der Waals surface area contributed by atoms with Gasteiger partial charge in [0.1, 0.15) is 0 Å². The molecule has 0 unspecified atom stereocenters. The summed E-state index contributed by atoms with van der Waals surface area (Å²) >= 11 is 1.33. The molecule has 0 aliphatic rings. The first-order chi connectivity index (χ1) is 10.6. The Kier molecular flexibility index (Phi) is 5.95. The van der Waals surface area contributed by atoms with Crippen LogP contribution in [0.1, 0.15) is 17.5 Å². The Morgan fingerprint density at radius 2 is 1.91 bits per heavy atom. The maximum Gasteiger partial charge on any atom is 0.221 e. The highest BCUT2D eigenvalue weighted by atomic mass is 32.2. The highest BCUT2D eigenvalue weighted by molar-refractivity contribution is 7.99. The van der Waals surface area contributed by atoms with E-state index in [0.29, 0.717) is 23.6 Å². The Bertz CT molecular complexity index is 661. The van der Waals surface area contributed by atoms with Gasteiger partial charge in [0.15, 0.2) is 11.6 Å². The summed E-state index contributed by atoms with van der Waals surface area (Å²) in [7, 11) is 0. The highest BCUT2D eigenvalue weighted by Gasteiger charge is 2.06. The zero-order valence-corrected chi connectivity index (χ0v) is 13.1. The van der Waals surface area contributed by atoms with Gasteiger partial charge in [0.25, 0.3) is 0 Å². The molecule has 0 radical (unpaired) electrons. The van der Waals surface area contributed by atoms with Crippen LogP contribution in [0.25, 0.3) is 0 Å². The van der Waals surface area contributed by atoms with Crippen molar-refractivity contribution in [3.8, 4) is 0 Å². The predicted molar refractivity (Wildman–Crippen MR) is 84.7 cm³/mol. The first-order valence-electron chi connectivity index (χ1n) is 6.95. The smallest absolute Gasteiger partial charge is 0.221 e. The van der Waals surface area contributed by atoms with Gasteiger partial charge in [-0.2, -0.15) is 0 Å². The second-order valence-electron chi connectivity index (χ2n) is 4.88. The quantitative estimate of drug-likeness (QED) is 0.813. The van der Waals surface area contributed by atoms with E-state index in [4.69, 9.17) is 0 Å². The third-order valence-electron chi connectivity index (χ3n) is 3.23. The van der Waals surface area contributed by atoms with E-state index in [1.54, 1.807) is 0 Å². The summed E-state index contributed by atoms with van der Waals surface area (Å²) in [6.07, 6.45) is 0.329. The molecule has 2 rings (SSSR count). The van der Waals surface area contributed by atoms with Crippen molar-refractivity contribution in [1.82, 2.24) is 5.32 Å². The number of carbonyl (C=O) groups excluding carboxylic acids is 1. The number of aryl methyl sites for hydroxylation is 1. The van der Waals surface area contributed by atoms with Crippen LogP contribution in [0.3, 0.4) is 0 Å². The van der Waals surface area contributed by atoms with Gasteiger partial charge in [0.05, 0.1) is 0 Å². The third kappa shape index (κ3) is 4.84. The van der Waals surface area contributed by atoms with E-state index >= 15 is 0 Å². The molecule has 0 heterocycles. The van der Waals surface area contributed by atoms with E-state index in [-0.39, 0.29) is 5.91 Å². The van der Waals surface area contributed by atoms with Gasteiger partial charge in [-0.25, -0.2) is 8.78 Å². The number of halogens is 2. The molecule has 0 fully saturated rings. The molecule has 0 atom stereocenters. The number of rotatable bonds is 6. The van der Waals surface area contributed by atoms with E-state index in [9.17, 15) is 13.6 Å². The summed E-state index contributed by atoms with van der Waals surface area (Å²) in [6.45, 7) is 2.50. The Morgan fingerprint density at radius 3 is 2.64 bits per heavy atom. The minimum Gasteiger partial charge on any atom is -0.352 e. The lowest BCUT2D eigenvalue weighted by molar-refractivity contribution is -0.120. The van der Waals surface area contributed by atoms with Crippen LogP contribution in [0.2, 0.25) is 0 Å². The molecular formula is C17H17F2NOS. The fourth-order valence-corrected chi connectivity index (χ4v) is 2.79. The summed E-state index contributed by atoms with van der Waals surface area (Å²) in [6, 6.07) is 11.6. The minimum absolute atomic E-state index is 0.0571. The van der Waals surface area contributed by atoms with Gasteiger partial charge in [0, 0.05) is 23.6 Å². The van der Waals surface area contributed by atoms with E-state index in [1.807, 2.05) is 31.2 Å². The minimum atomic E-state index is -0.867. The maximum atomic E-state index is 13.0. The molecule has 0 spiro atoms. The average Bonchev–Trinajstić information content (AvgIpc) is 2.50. The van der Waals surface area contributed by atoms with Crippen molar-refractivity contribution in [2.24, 2.45) is 0 Å². The normalized spacial score (nSPS) is 10.5. The van der Waals surface area contributed by atoms with Crippen molar-refractivity contribution in [3.63, 3.8) is 0 Å². The summed E-state index contributed by atoms with van der Waals surface area (Å²) in [5.74, 6) is -1.27. The van der Waals surface area contributed by atoms with Crippen molar-refractivity contribution in [1.29, 1.82) is 0 Å². The number of carbonyl (C=O) groups is 1. The monoisotopic (exact) mass is 321 g/mol. The highest BCUT2D eigenvalue weighted by Crippen LogP contribution is 2.21. The Morgan fingerprint density at radius 1 is 1.14 bits per heavy atom. The number of hydrogen-bond acceptors (Lipinski definition) is 2. The molecule has 0 aromatic heterocycles. The van der Waals surface area contributed by atoms with E-state index in [1.165, 1.54) is 17.8 Å². The number of benzene rings is 2. The lowest BCUT2D eigenvalue weighted by Crippen LogP contribution is -2.23. The van der Waals surface area contributed by atoms with Crippen molar-refractivity contribution < 1.29 is 13.6 Å². The zero-order chi connectivity index (χ0) is 15.9. The molecule has 22 heavy (non-hydrogen) atoms. The van der Waals surface area contributed by atoms with Crippen LogP contribution in [-0.2, 0) is 11.3 Å². The van der Waals surface area contributed by atoms with Crippen LogP contribution in [0.15, 0.2) is 47.4 Å².